The highest BCUT2D eigenvalue weighted by atomic mass is 19.1. The van der Waals surface area contributed by atoms with E-state index in [4.69, 9.17) is 14.6 Å². The minimum absolute atomic E-state index is 0.176. The summed E-state index contributed by atoms with van der Waals surface area (Å²) in [5, 5.41) is 14.6. The molecule has 0 saturated carbocycles. The molecule has 0 unspecified atom stereocenters. The number of hydrogen-bond acceptors (Lipinski definition) is 5. The summed E-state index contributed by atoms with van der Waals surface area (Å²) in [6.45, 7) is 0. The summed E-state index contributed by atoms with van der Waals surface area (Å²) in [5.41, 5.74) is 2.02. The second-order valence-corrected chi connectivity index (χ2v) is 6.51. The number of carbonyl (C=O) groups excluding carboxylic acids is 1. The highest BCUT2D eigenvalue weighted by Gasteiger charge is 2.35. The molecule has 0 spiro atoms. The van der Waals surface area contributed by atoms with Crippen molar-refractivity contribution in [2.45, 2.75) is 25.3 Å². The molecule has 0 bridgehead atoms. The Morgan fingerprint density at radius 1 is 1.14 bits per heavy atom. The number of halogens is 1. The lowest BCUT2D eigenvalue weighted by Crippen LogP contribution is -2.27. The van der Waals surface area contributed by atoms with Crippen LogP contribution in [0.4, 0.5) is 4.39 Å². The zero-order valence-electron chi connectivity index (χ0n) is 16.1. The standard InChI is InChI=1S/C21H21FN2O5/c1-28-15-7-8-16(19(11-15)29-2)18-12-17(13-3-5-14(22)6-4-13)23-24(18)20(25)9-10-21(26)27/h3-8,11,18H,9-10,12H2,1-2H3,(H,26,27)/t18-/m1/s1. The van der Waals surface area contributed by atoms with Gasteiger partial charge in [-0.3, -0.25) is 9.59 Å². The Bertz CT molecular complexity index is 943. The molecule has 0 aromatic heterocycles. The third-order valence-corrected chi connectivity index (χ3v) is 4.70. The predicted molar refractivity (Wildman–Crippen MR) is 104 cm³/mol. The lowest BCUT2D eigenvalue weighted by Gasteiger charge is -2.23. The molecule has 3 rings (SSSR count). The summed E-state index contributed by atoms with van der Waals surface area (Å²) in [6.07, 6.45) is -0.0825. The van der Waals surface area contributed by atoms with Gasteiger partial charge in [-0.25, -0.2) is 9.40 Å². The molecule has 1 N–H and O–H groups in total. The number of hydrazone groups is 1. The van der Waals surface area contributed by atoms with E-state index in [1.807, 2.05) is 0 Å². The second-order valence-electron chi connectivity index (χ2n) is 6.51. The lowest BCUT2D eigenvalue weighted by atomic mass is 9.97. The topological polar surface area (TPSA) is 88.4 Å². The molecule has 152 valence electrons. The van der Waals surface area contributed by atoms with Crippen molar-refractivity contribution in [2.24, 2.45) is 5.10 Å². The van der Waals surface area contributed by atoms with Crippen LogP contribution in [-0.4, -0.2) is 41.9 Å². The largest absolute Gasteiger partial charge is 0.497 e. The van der Waals surface area contributed by atoms with Crippen LogP contribution < -0.4 is 9.47 Å². The minimum atomic E-state index is -1.06. The Hall–Kier alpha value is -3.42. The van der Waals surface area contributed by atoms with Crippen molar-refractivity contribution in [3.05, 3.63) is 59.4 Å². The molecule has 1 aliphatic rings. The van der Waals surface area contributed by atoms with Crippen molar-refractivity contribution in [1.29, 1.82) is 0 Å². The van der Waals surface area contributed by atoms with Crippen molar-refractivity contribution >= 4 is 17.6 Å². The first-order valence-electron chi connectivity index (χ1n) is 9.02. The Kier molecular flexibility index (Phi) is 6.11. The van der Waals surface area contributed by atoms with Crippen LogP contribution in [0.2, 0.25) is 0 Å². The number of rotatable bonds is 7. The van der Waals surface area contributed by atoms with Gasteiger partial charge in [0, 0.05) is 24.5 Å². The van der Waals surface area contributed by atoms with E-state index < -0.39 is 17.9 Å². The smallest absolute Gasteiger partial charge is 0.303 e. The Morgan fingerprint density at radius 3 is 2.48 bits per heavy atom. The molecule has 0 fully saturated rings. The van der Waals surface area contributed by atoms with Gasteiger partial charge in [-0.1, -0.05) is 12.1 Å². The van der Waals surface area contributed by atoms with Crippen LogP contribution in [0, 0.1) is 5.82 Å². The predicted octanol–water partition coefficient (Wildman–Crippen LogP) is 3.39. The number of methoxy groups -OCH3 is 2. The van der Waals surface area contributed by atoms with Crippen molar-refractivity contribution in [2.75, 3.05) is 14.2 Å². The van der Waals surface area contributed by atoms with Crippen molar-refractivity contribution in [3.63, 3.8) is 0 Å². The number of aliphatic carboxylic acids is 1. The van der Waals surface area contributed by atoms with Crippen LogP contribution in [0.1, 0.15) is 36.4 Å². The van der Waals surface area contributed by atoms with Crippen molar-refractivity contribution in [3.8, 4) is 11.5 Å². The molecule has 1 atom stereocenters. The molecule has 2 aromatic rings. The number of amides is 1. The zero-order chi connectivity index (χ0) is 21.0. The average molecular weight is 400 g/mol. The number of benzene rings is 2. The van der Waals surface area contributed by atoms with E-state index in [-0.39, 0.29) is 18.7 Å². The first-order valence-corrected chi connectivity index (χ1v) is 9.02. The Balaban J connectivity index is 1.97. The summed E-state index contributed by atoms with van der Waals surface area (Å²) in [4.78, 5) is 23.6. The monoisotopic (exact) mass is 400 g/mol. The molecule has 1 amide bonds. The fraction of sp³-hybridized carbons (Fsp3) is 0.286. The number of carboxylic acids is 1. The zero-order valence-corrected chi connectivity index (χ0v) is 16.1. The van der Waals surface area contributed by atoms with Crippen LogP contribution in [0.15, 0.2) is 47.6 Å². The van der Waals surface area contributed by atoms with Crippen LogP contribution in [0.25, 0.3) is 0 Å². The SMILES string of the molecule is COc1ccc([C@H]2CC(c3ccc(F)cc3)=NN2C(=O)CCC(=O)O)c(OC)c1. The number of carbonyl (C=O) groups is 2. The van der Waals surface area contributed by atoms with Crippen LogP contribution in [-0.2, 0) is 9.59 Å². The van der Waals surface area contributed by atoms with Crippen LogP contribution in [0.5, 0.6) is 11.5 Å². The van der Waals surface area contributed by atoms with Gasteiger partial charge in [0.05, 0.1) is 32.4 Å². The Labute approximate surface area is 167 Å². The van der Waals surface area contributed by atoms with E-state index in [2.05, 4.69) is 5.10 Å². The maximum Gasteiger partial charge on any atom is 0.303 e. The molecule has 0 aliphatic carbocycles. The lowest BCUT2D eigenvalue weighted by molar-refractivity contribution is -0.141. The molecule has 1 aliphatic heterocycles. The molecule has 1 heterocycles. The summed E-state index contributed by atoms with van der Waals surface area (Å²) in [6, 6.07) is 10.6. The number of nitrogens with zero attached hydrogens (tertiary/aromatic N) is 2. The maximum atomic E-state index is 13.3. The highest BCUT2D eigenvalue weighted by Crippen LogP contribution is 2.39. The van der Waals surface area contributed by atoms with Gasteiger partial charge in [0.1, 0.15) is 17.3 Å². The van der Waals surface area contributed by atoms with Gasteiger partial charge in [0.25, 0.3) is 0 Å². The van der Waals surface area contributed by atoms with E-state index in [1.165, 1.54) is 24.3 Å². The van der Waals surface area contributed by atoms with Crippen molar-refractivity contribution < 1.29 is 28.6 Å². The molecular weight excluding hydrogens is 379 g/mol. The van der Waals surface area contributed by atoms with Gasteiger partial charge >= 0.3 is 5.97 Å². The average Bonchev–Trinajstić information content (AvgIpc) is 3.17. The highest BCUT2D eigenvalue weighted by molar-refractivity contribution is 6.03. The molecule has 7 nitrogen and oxygen atoms in total. The quantitative estimate of drug-likeness (QED) is 0.770. The number of hydrogen-bond donors (Lipinski definition) is 1. The molecule has 0 radical (unpaired) electrons. The third-order valence-electron chi connectivity index (χ3n) is 4.70. The Morgan fingerprint density at radius 2 is 1.86 bits per heavy atom. The van der Waals surface area contributed by atoms with Crippen LogP contribution >= 0.6 is 0 Å². The van der Waals surface area contributed by atoms with Crippen LogP contribution in [0.3, 0.4) is 0 Å². The number of carboxylic acid groups (broad SMARTS) is 1. The fourth-order valence-corrected chi connectivity index (χ4v) is 3.22. The second kappa shape index (κ2) is 8.72. The van der Waals surface area contributed by atoms with E-state index in [9.17, 15) is 14.0 Å². The fourth-order valence-electron chi connectivity index (χ4n) is 3.22. The van der Waals surface area contributed by atoms with Gasteiger partial charge in [0.15, 0.2) is 0 Å². The molecule has 0 saturated heterocycles. The van der Waals surface area contributed by atoms with E-state index in [0.717, 1.165) is 5.56 Å². The summed E-state index contributed by atoms with van der Waals surface area (Å²) in [7, 11) is 3.06. The first kappa shape index (κ1) is 20.3. The normalized spacial score (nSPS) is 15.8. The van der Waals surface area contributed by atoms with Gasteiger partial charge in [0.2, 0.25) is 5.91 Å². The molecule has 29 heavy (non-hydrogen) atoms. The van der Waals surface area contributed by atoms with E-state index in [0.29, 0.717) is 29.2 Å². The third kappa shape index (κ3) is 4.53. The minimum Gasteiger partial charge on any atom is -0.497 e. The molecule has 8 heteroatoms. The first-order chi connectivity index (χ1) is 13.9. The molecular formula is C21H21FN2O5. The summed E-state index contributed by atoms with van der Waals surface area (Å²) >= 11 is 0. The van der Waals surface area contributed by atoms with Crippen molar-refractivity contribution in [1.82, 2.24) is 5.01 Å². The van der Waals surface area contributed by atoms with Gasteiger partial charge in [-0.2, -0.15) is 5.10 Å². The summed E-state index contributed by atoms with van der Waals surface area (Å²) < 4.78 is 24.0. The van der Waals surface area contributed by atoms with E-state index in [1.54, 1.807) is 37.4 Å². The number of ether oxygens (including phenoxy) is 2. The van der Waals surface area contributed by atoms with Gasteiger partial charge in [-0.05, 0) is 29.8 Å². The van der Waals surface area contributed by atoms with Gasteiger partial charge < -0.3 is 14.6 Å². The van der Waals surface area contributed by atoms with Gasteiger partial charge in [-0.15, -0.1) is 0 Å². The maximum absolute atomic E-state index is 13.3. The van der Waals surface area contributed by atoms with E-state index >= 15 is 0 Å². The summed E-state index contributed by atoms with van der Waals surface area (Å²) in [5.74, 6) is -0.700. The molecule has 2 aromatic carbocycles.